The van der Waals surface area contributed by atoms with E-state index in [1.165, 1.54) is 17.4 Å². The molecule has 0 unspecified atom stereocenters. The van der Waals surface area contributed by atoms with Crippen LogP contribution >= 0.6 is 27.3 Å². The summed E-state index contributed by atoms with van der Waals surface area (Å²) in [6.45, 7) is 0.296. The van der Waals surface area contributed by atoms with Gasteiger partial charge in [-0.05, 0) is 45.1 Å². The minimum Gasteiger partial charge on any atom is -0.478 e. The molecular formula is C13H10BrNO3S. The molecule has 1 aromatic carbocycles. The van der Waals surface area contributed by atoms with E-state index in [-0.39, 0.29) is 11.5 Å². The van der Waals surface area contributed by atoms with Crippen LogP contribution in [0.15, 0.2) is 40.2 Å². The first kappa shape index (κ1) is 13.8. The van der Waals surface area contributed by atoms with Crippen molar-refractivity contribution in [1.29, 1.82) is 0 Å². The molecule has 0 aliphatic carbocycles. The fourth-order valence-electron chi connectivity index (χ4n) is 1.53. The van der Waals surface area contributed by atoms with Gasteiger partial charge in [0.05, 0.1) is 5.56 Å². The van der Waals surface area contributed by atoms with Gasteiger partial charge in [0.25, 0.3) is 5.91 Å². The van der Waals surface area contributed by atoms with E-state index in [1.54, 1.807) is 18.2 Å². The number of halogens is 1. The lowest BCUT2D eigenvalue weighted by atomic mass is 10.1. The number of amides is 1. The molecule has 0 saturated carbocycles. The zero-order chi connectivity index (χ0) is 13.8. The molecule has 0 fully saturated rings. The van der Waals surface area contributed by atoms with Gasteiger partial charge in [-0.25, -0.2) is 4.79 Å². The van der Waals surface area contributed by atoms with E-state index in [2.05, 4.69) is 21.2 Å². The lowest BCUT2D eigenvalue weighted by molar-refractivity contribution is 0.0696. The highest BCUT2D eigenvalue weighted by molar-refractivity contribution is 9.10. The van der Waals surface area contributed by atoms with Gasteiger partial charge in [-0.2, -0.15) is 0 Å². The van der Waals surface area contributed by atoms with Gasteiger partial charge >= 0.3 is 5.97 Å². The maximum atomic E-state index is 11.9. The van der Waals surface area contributed by atoms with Gasteiger partial charge in [-0.3, -0.25) is 4.79 Å². The summed E-state index contributed by atoms with van der Waals surface area (Å²) in [6, 6.07) is 8.31. The van der Waals surface area contributed by atoms with Gasteiger partial charge in [0.15, 0.2) is 0 Å². The number of thiophene rings is 1. The van der Waals surface area contributed by atoms with Crippen LogP contribution < -0.4 is 5.32 Å². The minimum atomic E-state index is -0.978. The van der Waals surface area contributed by atoms with Crippen LogP contribution in [0.25, 0.3) is 0 Å². The van der Waals surface area contributed by atoms with Crippen LogP contribution in [0.3, 0.4) is 0 Å². The van der Waals surface area contributed by atoms with Crippen molar-refractivity contribution in [3.63, 3.8) is 0 Å². The fraction of sp³-hybridized carbons (Fsp3) is 0.0769. The molecular weight excluding hydrogens is 330 g/mol. The van der Waals surface area contributed by atoms with E-state index < -0.39 is 5.97 Å². The summed E-state index contributed by atoms with van der Waals surface area (Å²) in [5.74, 6) is -1.16. The second kappa shape index (κ2) is 5.99. The number of carboxylic acid groups (broad SMARTS) is 1. The van der Waals surface area contributed by atoms with Crippen molar-refractivity contribution in [1.82, 2.24) is 5.32 Å². The van der Waals surface area contributed by atoms with E-state index in [9.17, 15) is 9.59 Å². The lowest BCUT2D eigenvalue weighted by Crippen LogP contribution is -2.22. The maximum Gasteiger partial charge on any atom is 0.335 e. The first-order valence-corrected chi connectivity index (χ1v) is 7.08. The lowest BCUT2D eigenvalue weighted by Gasteiger charge is -2.05. The van der Waals surface area contributed by atoms with Crippen LogP contribution in [-0.4, -0.2) is 17.0 Å². The van der Waals surface area contributed by atoms with Crippen LogP contribution in [0.4, 0.5) is 0 Å². The highest BCUT2D eigenvalue weighted by atomic mass is 79.9. The molecule has 2 rings (SSSR count). The molecule has 6 heteroatoms. The van der Waals surface area contributed by atoms with Crippen molar-refractivity contribution in [2.45, 2.75) is 6.54 Å². The molecule has 0 aliphatic rings. The number of rotatable bonds is 4. The Bertz CT molecular complexity index is 624. The second-order valence-corrected chi connectivity index (χ2v) is 5.56. The molecule has 98 valence electrons. The third kappa shape index (κ3) is 3.42. The van der Waals surface area contributed by atoms with Crippen LogP contribution in [-0.2, 0) is 6.54 Å². The number of hydrogen-bond donors (Lipinski definition) is 2. The zero-order valence-corrected chi connectivity index (χ0v) is 12.1. The van der Waals surface area contributed by atoms with Crippen LogP contribution in [0.1, 0.15) is 25.6 Å². The average molecular weight is 340 g/mol. The van der Waals surface area contributed by atoms with Gasteiger partial charge < -0.3 is 10.4 Å². The van der Waals surface area contributed by atoms with Crippen molar-refractivity contribution in [2.24, 2.45) is 0 Å². The molecule has 4 nitrogen and oxygen atoms in total. The Kier molecular flexibility index (Phi) is 4.34. The molecule has 2 N–H and O–H groups in total. The molecule has 2 aromatic rings. The van der Waals surface area contributed by atoms with Crippen molar-refractivity contribution in [2.75, 3.05) is 0 Å². The van der Waals surface area contributed by atoms with Crippen LogP contribution in [0.5, 0.6) is 0 Å². The number of nitrogens with one attached hydrogen (secondary N) is 1. The summed E-state index contributed by atoms with van der Waals surface area (Å²) in [6.07, 6.45) is 0. The Morgan fingerprint density at radius 3 is 2.74 bits per heavy atom. The number of carbonyl (C=O) groups excluding carboxylic acids is 1. The summed E-state index contributed by atoms with van der Waals surface area (Å²) in [5, 5.41) is 13.5. The van der Waals surface area contributed by atoms with E-state index in [1.807, 2.05) is 11.4 Å². The molecule has 0 bridgehead atoms. The second-order valence-electron chi connectivity index (χ2n) is 3.79. The molecule has 0 spiro atoms. The predicted octanol–water partition coefficient (Wildman–Crippen LogP) is 3.14. The van der Waals surface area contributed by atoms with Gasteiger partial charge in [0, 0.05) is 11.0 Å². The molecule has 0 aliphatic heterocycles. The van der Waals surface area contributed by atoms with Gasteiger partial charge in [-0.15, -0.1) is 11.3 Å². The van der Waals surface area contributed by atoms with E-state index >= 15 is 0 Å². The Morgan fingerprint density at radius 1 is 1.32 bits per heavy atom. The van der Waals surface area contributed by atoms with Crippen LogP contribution in [0.2, 0.25) is 0 Å². The predicted molar refractivity (Wildman–Crippen MR) is 76.6 cm³/mol. The Labute approximate surface area is 122 Å². The summed E-state index contributed by atoms with van der Waals surface area (Å²) in [5.41, 5.74) is 0.963. The SMILES string of the molecule is O=C(O)c1cccc(CNC(=O)c2sccc2Br)c1. The van der Waals surface area contributed by atoms with E-state index in [4.69, 9.17) is 5.11 Å². The molecule has 19 heavy (non-hydrogen) atoms. The van der Waals surface area contributed by atoms with Crippen molar-refractivity contribution >= 4 is 39.1 Å². The first-order valence-electron chi connectivity index (χ1n) is 5.41. The van der Waals surface area contributed by atoms with Crippen LogP contribution in [0, 0.1) is 0 Å². The van der Waals surface area contributed by atoms with Gasteiger partial charge in [0.2, 0.25) is 0 Å². The highest BCUT2D eigenvalue weighted by Crippen LogP contribution is 2.22. The standard InChI is InChI=1S/C13H10BrNO3S/c14-10-4-5-19-11(10)12(16)15-7-8-2-1-3-9(6-8)13(17)18/h1-6H,7H2,(H,15,16)(H,17,18). The smallest absolute Gasteiger partial charge is 0.335 e. The first-order chi connectivity index (χ1) is 9.08. The van der Waals surface area contributed by atoms with Gasteiger partial charge in [-0.1, -0.05) is 12.1 Å². The molecule has 1 heterocycles. The number of hydrogen-bond acceptors (Lipinski definition) is 3. The molecule has 1 aromatic heterocycles. The molecule has 0 saturated heterocycles. The number of carboxylic acids is 1. The van der Waals surface area contributed by atoms with Crippen molar-refractivity contribution < 1.29 is 14.7 Å². The monoisotopic (exact) mass is 339 g/mol. The number of benzene rings is 1. The third-order valence-corrected chi connectivity index (χ3v) is 4.29. The topological polar surface area (TPSA) is 66.4 Å². The Morgan fingerprint density at radius 2 is 2.11 bits per heavy atom. The molecule has 0 atom stereocenters. The Balaban J connectivity index is 2.03. The number of carbonyl (C=O) groups is 2. The quantitative estimate of drug-likeness (QED) is 0.899. The largest absolute Gasteiger partial charge is 0.478 e. The summed E-state index contributed by atoms with van der Waals surface area (Å²) >= 11 is 4.64. The minimum absolute atomic E-state index is 0.178. The fourth-order valence-corrected chi connectivity index (χ4v) is 3.00. The van der Waals surface area contributed by atoms with Crippen molar-refractivity contribution in [3.8, 4) is 0 Å². The maximum absolute atomic E-state index is 11.9. The summed E-state index contributed by atoms with van der Waals surface area (Å²) in [4.78, 5) is 23.3. The van der Waals surface area contributed by atoms with E-state index in [0.717, 1.165) is 10.0 Å². The Hall–Kier alpha value is -1.66. The molecule has 0 radical (unpaired) electrons. The highest BCUT2D eigenvalue weighted by Gasteiger charge is 2.11. The summed E-state index contributed by atoms with van der Waals surface area (Å²) < 4.78 is 0.759. The third-order valence-electron chi connectivity index (χ3n) is 2.45. The van der Waals surface area contributed by atoms with Crippen molar-refractivity contribution in [3.05, 3.63) is 56.2 Å². The average Bonchev–Trinajstić information content (AvgIpc) is 2.82. The summed E-state index contributed by atoms with van der Waals surface area (Å²) in [7, 11) is 0. The molecule has 1 amide bonds. The zero-order valence-electron chi connectivity index (χ0n) is 9.72. The van der Waals surface area contributed by atoms with Gasteiger partial charge in [0.1, 0.15) is 4.88 Å². The normalized spacial score (nSPS) is 10.2. The number of aromatic carboxylic acids is 1. The van der Waals surface area contributed by atoms with E-state index in [0.29, 0.717) is 11.4 Å².